The Morgan fingerprint density at radius 2 is 0.619 bits per heavy atom. The third kappa shape index (κ3) is 443. The van der Waals surface area contributed by atoms with Crippen LogP contribution < -0.4 is 0 Å². The SMILES string of the molecule is O.O.O=C(O)O.O=P(O)(O)O.O=P(O)(O)O.[Ca+2].[Ca+2].[Ca+2].[Ca+2].[Ca+2].[H-].[H-].[H-].[H-].[H-].[H-].[H-].[H-].[H-].[H-]. The summed E-state index contributed by atoms with van der Waals surface area (Å²) in [6.07, 6.45) is -1.83. The minimum atomic E-state index is -4.64. The van der Waals surface area contributed by atoms with Crippen LogP contribution in [0, 0.1) is 0 Å². The maximum absolute atomic E-state index is 8.88. The fraction of sp³-hybridized carbons (Fsp3) is 0. The second-order valence-electron chi connectivity index (χ2n) is 1.31. The van der Waals surface area contributed by atoms with E-state index in [9.17, 15) is 0 Å². The molecule has 0 fully saturated rings. The fourth-order valence-electron chi connectivity index (χ4n) is 0. The average Bonchev–Trinajstić information content (AvgIpc) is 1.45. The largest absolute Gasteiger partial charge is 2.00 e. The van der Waals surface area contributed by atoms with Gasteiger partial charge < -0.3 is 64.8 Å². The third-order valence-corrected chi connectivity index (χ3v) is 0. The molecule has 0 aliphatic carbocycles. The van der Waals surface area contributed by atoms with Gasteiger partial charge in [0.15, 0.2) is 0 Å². The molecule has 0 aliphatic rings. The van der Waals surface area contributed by atoms with Gasteiger partial charge >= 0.3 is 210 Å². The molecule has 0 heterocycles. The Bertz CT molecular complexity index is 235. The molecule has 0 saturated carbocycles. The van der Waals surface area contributed by atoms with Gasteiger partial charge in [0.1, 0.15) is 0 Å². The number of carbonyl (C=O) groups is 1. The first-order valence-electron chi connectivity index (χ1n) is 2.22. The van der Waals surface area contributed by atoms with Gasteiger partial charge in [-0.1, -0.05) is 0 Å². The van der Waals surface area contributed by atoms with E-state index in [-0.39, 0.29) is 214 Å². The van der Waals surface area contributed by atoms with Gasteiger partial charge in [-0.2, -0.15) is 0 Å². The fourth-order valence-corrected chi connectivity index (χ4v) is 0. The molecule has 0 aromatic rings. The molecule has 20 heteroatoms. The number of hydrogen-bond acceptors (Lipinski definition) is 3. The van der Waals surface area contributed by atoms with Gasteiger partial charge in [0.05, 0.1) is 0 Å². The van der Waals surface area contributed by atoms with Crippen LogP contribution in [-0.4, -0.2) is 245 Å². The Kier molecular flexibility index (Phi) is 110. The van der Waals surface area contributed by atoms with Crippen LogP contribution in [0.15, 0.2) is 0 Å². The van der Waals surface area contributed by atoms with E-state index in [1.807, 2.05) is 0 Å². The third-order valence-electron chi connectivity index (χ3n) is 0. The summed E-state index contributed by atoms with van der Waals surface area (Å²) in [6, 6.07) is 0. The van der Waals surface area contributed by atoms with E-state index in [1.54, 1.807) is 0 Å². The molecule has 12 N–H and O–H groups in total. The van der Waals surface area contributed by atoms with E-state index >= 15 is 0 Å². The van der Waals surface area contributed by atoms with Crippen LogP contribution in [0.4, 0.5) is 4.79 Å². The predicted molar refractivity (Wildman–Crippen MR) is 86.3 cm³/mol. The van der Waals surface area contributed by atoms with E-state index < -0.39 is 21.8 Å². The van der Waals surface area contributed by atoms with E-state index in [2.05, 4.69) is 0 Å². The molecule has 21 heavy (non-hydrogen) atoms. The van der Waals surface area contributed by atoms with Crippen molar-refractivity contribution in [2.45, 2.75) is 0 Å². The standard InChI is InChI=1S/CH2O3.5Ca.2H3O4P.2H2O.10H/c2-1(3)4;;;;;;2*1-5(2,3)4;;;;;;;;;;;;/h(H2,2,3,4);;;;;;2*(H3,1,2,3,4);2*1H2;;;;;;;;;;/q;5*+2;;;;;10*-1. The summed E-state index contributed by atoms with van der Waals surface area (Å²) in [4.78, 5) is 51.7. The van der Waals surface area contributed by atoms with Crippen LogP contribution in [-0.2, 0) is 9.13 Å². The summed E-state index contributed by atoms with van der Waals surface area (Å²) in [5, 5.41) is 13.9. The molecule has 0 spiro atoms. The number of hydrogen-bond donors (Lipinski definition) is 8. The van der Waals surface area contributed by atoms with Crippen LogP contribution in [0.5, 0.6) is 0 Å². The molecule has 0 rings (SSSR count). The van der Waals surface area contributed by atoms with Crippen LogP contribution in [0.25, 0.3) is 0 Å². The molecule has 0 aliphatic heterocycles. The van der Waals surface area contributed by atoms with Gasteiger partial charge in [0, 0.05) is 0 Å². The van der Waals surface area contributed by atoms with Gasteiger partial charge in [0.25, 0.3) is 0 Å². The molecule has 0 aromatic heterocycles. The molecule has 0 unspecified atom stereocenters. The summed E-state index contributed by atoms with van der Waals surface area (Å²) in [6.45, 7) is 0. The molecule has 13 nitrogen and oxygen atoms in total. The zero-order valence-electron chi connectivity index (χ0n) is 20.7. The minimum absolute atomic E-state index is 0. The number of phosphoric acid groups is 2. The van der Waals surface area contributed by atoms with Crippen LogP contribution in [0.3, 0.4) is 0 Å². The topological polar surface area (TPSA) is 276 Å². The van der Waals surface area contributed by atoms with Crippen molar-refractivity contribution in [2.75, 3.05) is 0 Å². The van der Waals surface area contributed by atoms with E-state index in [1.165, 1.54) is 0 Å². The monoisotopic (exact) mass is 504 g/mol. The Balaban J connectivity index is -0.00000000256. The van der Waals surface area contributed by atoms with Crippen molar-refractivity contribution in [1.29, 1.82) is 0 Å². The Morgan fingerprint density at radius 1 is 0.619 bits per heavy atom. The van der Waals surface area contributed by atoms with Crippen molar-refractivity contribution < 1.29 is 78.7 Å². The summed E-state index contributed by atoms with van der Waals surface area (Å²) < 4.78 is 17.8. The molecule has 0 bridgehead atoms. The molecule has 124 valence electrons. The first-order chi connectivity index (χ1) is 5.73. The van der Waals surface area contributed by atoms with Crippen molar-refractivity contribution in [3.05, 3.63) is 0 Å². The number of carboxylic acid groups (broad SMARTS) is 2. The molecular weight excluding hydrogens is 482 g/mol. The van der Waals surface area contributed by atoms with Gasteiger partial charge in [-0.05, 0) is 0 Å². The van der Waals surface area contributed by atoms with Crippen LogP contribution in [0.1, 0.15) is 14.3 Å². The van der Waals surface area contributed by atoms with Crippen molar-refractivity contribution in [3.8, 4) is 0 Å². The molecule has 0 radical (unpaired) electrons. The molecular formula is CH22Ca5O13P2. The first kappa shape index (κ1) is 63.2. The maximum Gasteiger partial charge on any atom is 2.00 e. The minimum Gasteiger partial charge on any atom is -1.00 e. The van der Waals surface area contributed by atoms with Crippen molar-refractivity contribution in [1.82, 2.24) is 0 Å². The van der Waals surface area contributed by atoms with E-state index in [0.29, 0.717) is 0 Å². The quantitative estimate of drug-likeness (QED) is 0.116. The second kappa shape index (κ2) is 36.6. The normalized spacial score (nSPS) is 6.76. The van der Waals surface area contributed by atoms with Gasteiger partial charge in [-0.25, -0.2) is 13.9 Å². The Morgan fingerprint density at radius 3 is 0.619 bits per heavy atom. The molecule has 0 amide bonds. The first-order valence-corrected chi connectivity index (χ1v) is 5.35. The number of rotatable bonds is 0. The van der Waals surface area contributed by atoms with Crippen molar-refractivity contribution >= 4 is 210 Å². The zero-order valence-corrected chi connectivity index (χ0v) is 23.6. The van der Waals surface area contributed by atoms with Gasteiger partial charge in [0.2, 0.25) is 0 Å². The van der Waals surface area contributed by atoms with E-state index in [0.717, 1.165) is 0 Å². The maximum atomic E-state index is 8.88. The van der Waals surface area contributed by atoms with Crippen LogP contribution in [0.2, 0.25) is 0 Å². The Hall–Kier alpha value is 5.71. The summed E-state index contributed by atoms with van der Waals surface area (Å²) in [5.41, 5.74) is 0. The van der Waals surface area contributed by atoms with Gasteiger partial charge in [-0.3, -0.25) is 0 Å². The average molecular weight is 505 g/mol. The second-order valence-corrected chi connectivity index (χ2v) is 3.36. The molecule has 0 atom stereocenters. The smallest absolute Gasteiger partial charge is 1.00 e. The van der Waals surface area contributed by atoms with Crippen LogP contribution >= 0.6 is 15.6 Å². The summed E-state index contributed by atoms with van der Waals surface area (Å²) >= 11 is 0. The predicted octanol–water partition coefficient (Wildman–Crippen LogP) is -4.06. The van der Waals surface area contributed by atoms with Crippen molar-refractivity contribution in [3.63, 3.8) is 0 Å². The van der Waals surface area contributed by atoms with Crippen molar-refractivity contribution in [2.24, 2.45) is 0 Å². The molecule has 0 saturated heterocycles. The Labute approximate surface area is 283 Å². The van der Waals surface area contributed by atoms with Gasteiger partial charge in [-0.15, -0.1) is 0 Å². The van der Waals surface area contributed by atoms with E-state index in [4.69, 9.17) is 53.5 Å². The zero-order chi connectivity index (χ0) is 12.6. The molecule has 0 aromatic carbocycles. The summed E-state index contributed by atoms with van der Waals surface area (Å²) in [5.74, 6) is 0. The summed E-state index contributed by atoms with van der Waals surface area (Å²) in [7, 11) is -9.28.